The fourth-order valence-electron chi connectivity index (χ4n) is 3.68. The molecular weight excluding hydrogens is 395 g/mol. The third-order valence-electron chi connectivity index (χ3n) is 5.54. The highest BCUT2D eigenvalue weighted by Gasteiger charge is 2.23. The number of carbonyl (C=O) groups is 1. The molecule has 0 saturated carbocycles. The lowest BCUT2D eigenvalue weighted by Gasteiger charge is -2.34. The van der Waals surface area contributed by atoms with Crippen LogP contribution in [0.5, 0.6) is 0 Å². The molecule has 164 valence electrons. The Morgan fingerprint density at radius 3 is 2.23 bits per heavy atom. The highest BCUT2D eigenvalue weighted by Crippen LogP contribution is 2.20. The highest BCUT2D eigenvalue weighted by molar-refractivity contribution is 5.76. The summed E-state index contributed by atoms with van der Waals surface area (Å²) in [5, 5.41) is 4.73. The molecule has 4 rings (SSSR count). The fourth-order valence-corrected chi connectivity index (χ4v) is 3.68. The maximum atomic E-state index is 12.9. The smallest absolute Gasteiger partial charge is 0.244 e. The van der Waals surface area contributed by atoms with E-state index >= 15 is 0 Å². The van der Waals surface area contributed by atoms with Gasteiger partial charge in [-0.15, -0.1) is 0 Å². The highest BCUT2D eigenvalue weighted by atomic mass is 19.0. The van der Waals surface area contributed by atoms with Crippen molar-refractivity contribution in [3.8, 4) is 11.3 Å². The van der Waals surface area contributed by atoms with E-state index in [9.17, 15) is 4.79 Å². The van der Waals surface area contributed by atoms with E-state index in [0.717, 1.165) is 48.0 Å². The molecule has 1 aliphatic rings. The van der Waals surface area contributed by atoms with Gasteiger partial charge >= 0.3 is 0 Å². The molecule has 0 aliphatic carbocycles. The second kappa shape index (κ2) is 9.68. The van der Waals surface area contributed by atoms with Crippen molar-refractivity contribution < 1.29 is 9.50 Å². The molecule has 1 amide bonds. The van der Waals surface area contributed by atoms with Crippen LogP contribution >= 0.6 is 0 Å². The van der Waals surface area contributed by atoms with Gasteiger partial charge in [0.15, 0.2) is 0 Å². The largest absolute Gasteiger partial charge is 0.338 e. The minimum atomic E-state index is 0. The number of hydrogen-bond acceptors (Lipinski definition) is 5. The predicted molar refractivity (Wildman–Crippen MR) is 120 cm³/mol. The Morgan fingerprint density at radius 2 is 1.61 bits per heavy atom. The SMILES string of the molecule is CCc1cc(-c2ccc(C)cc2)nn1CC(=O)N1CCN(c2ncc(C)cn2)CC1.F. The summed E-state index contributed by atoms with van der Waals surface area (Å²) in [6.45, 7) is 9.24. The normalized spacial score (nSPS) is 13.8. The van der Waals surface area contributed by atoms with Crippen molar-refractivity contribution in [3.63, 3.8) is 0 Å². The summed E-state index contributed by atoms with van der Waals surface area (Å²) < 4.78 is 1.85. The third-order valence-corrected chi connectivity index (χ3v) is 5.54. The van der Waals surface area contributed by atoms with Crippen molar-refractivity contribution in [1.82, 2.24) is 24.6 Å². The molecule has 3 aromatic rings. The molecule has 1 aliphatic heterocycles. The molecule has 1 aromatic carbocycles. The van der Waals surface area contributed by atoms with Crippen LogP contribution in [0.2, 0.25) is 0 Å². The van der Waals surface area contributed by atoms with E-state index < -0.39 is 0 Å². The van der Waals surface area contributed by atoms with Gasteiger partial charge in [-0.3, -0.25) is 14.2 Å². The van der Waals surface area contributed by atoms with E-state index in [1.54, 1.807) is 0 Å². The third kappa shape index (κ3) is 5.07. The Balaban J connectivity index is 0.00000272. The van der Waals surface area contributed by atoms with E-state index in [4.69, 9.17) is 5.10 Å². The molecule has 0 atom stereocenters. The number of rotatable bonds is 5. The lowest BCUT2D eigenvalue weighted by molar-refractivity contribution is -0.132. The summed E-state index contributed by atoms with van der Waals surface area (Å²) in [5.74, 6) is 0.837. The lowest BCUT2D eigenvalue weighted by atomic mass is 10.1. The van der Waals surface area contributed by atoms with Crippen molar-refractivity contribution in [2.24, 2.45) is 0 Å². The number of benzene rings is 1. The Morgan fingerprint density at radius 1 is 0.968 bits per heavy atom. The van der Waals surface area contributed by atoms with Crippen LogP contribution in [-0.4, -0.2) is 56.7 Å². The number of anilines is 1. The van der Waals surface area contributed by atoms with Gasteiger partial charge in [-0.25, -0.2) is 9.97 Å². The maximum Gasteiger partial charge on any atom is 0.244 e. The molecule has 7 nitrogen and oxygen atoms in total. The minimum Gasteiger partial charge on any atom is -0.338 e. The van der Waals surface area contributed by atoms with Crippen LogP contribution in [0.25, 0.3) is 11.3 Å². The van der Waals surface area contributed by atoms with Gasteiger partial charge in [-0.1, -0.05) is 36.8 Å². The van der Waals surface area contributed by atoms with Gasteiger partial charge in [-0.2, -0.15) is 5.10 Å². The topological polar surface area (TPSA) is 67.2 Å². The summed E-state index contributed by atoms with van der Waals surface area (Å²) in [7, 11) is 0. The van der Waals surface area contributed by atoms with Crippen LogP contribution in [0.1, 0.15) is 23.7 Å². The average molecular weight is 425 g/mol. The summed E-state index contributed by atoms with van der Waals surface area (Å²) in [6, 6.07) is 10.4. The quantitative estimate of drug-likeness (QED) is 0.630. The fraction of sp³-hybridized carbons (Fsp3) is 0.391. The zero-order chi connectivity index (χ0) is 21.1. The van der Waals surface area contributed by atoms with Crippen LogP contribution < -0.4 is 4.90 Å². The summed E-state index contributed by atoms with van der Waals surface area (Å²) in [4.78, 5) is 25.8. The minimum absolute atomic E-state index is 0. The van der Waals surface area contributed by atoms with E-state index in [1.807, 2.05) is 28.9 Å². The van der Waals surface area contributed by atoms with Gasteiger partial charge in [0.25, 0.3) is 0 Å². The standard InChI is InChI=1S/C23H28N6O.FH/c1-4-20-13-21(19-7-5-17(2)6-8-19)26-29(20)16-22(30)27-9-11-28(12-10-27)23-24-14-18(3)15-25-23;/h5-8,13-15H,4,9-12,16H2,1-3H3;1H. The summed E-state index contributed by atoms with van der Waals surface area (Å²) >= 11 is 0. The van der Waals surface area contributed by atoms with Gasteiger partial charge < -0.3 is 9.80 Å². The molecule has 2 aromatic heterocycles. The maximum absolute atomic E-state index is 12.9. The van der Waals surface area contributed by atoms with Crippen LogP contribution in [0, 0.1) is 13.8 Å². The van der Waals surface area contributed by atoms with E-state index in [-0.39, 0.29) is 17.2 Å². The van der Waals surface area contributed by atoms with Crippen molar-refractivity contribution in [2.75, 3.05) is 31.1 Å². The van der Waals surface area contributed by atoms with Gasteiger partial charge in [0.05, 0.1) is 5.69 Å². The lowest BCUT2D eigenvalue weighted by Crippen LogP contribution is -2.50. The van der Waals surface area contributed by atoms with Crippen LogP contribution in [0.15, 0.2) is 42.7 Å². The number of nitrogens with zero attached hydrogens (tertiary/aromatic N) is 6. The first-order chi connectivity index (χ1) is 14.5. The molecule has 0 spiro atoms. The average Bonchev–Trinajstić information content (AvgIpc) is 3.17. The number of aromatic nitrogens is 4. The van der Waals surface area contributed by atoms with Crippen LogP contribution in [0.3, 0.4) is 0 Å². The number of amides is 1. The summed E-state index contributed by atoms with van der Waals surface area (Å²) in [5.41, 5.74) is 5.34. The van der Waals surface area contributed by atoms with Crippen molar-refractivity contribution in [1.29, 1.82) is 0 Å². The molecule has 8 heteroatoms. The number of piperazine rings is 1. The van der Waals surface area contributed by atoms with Gasteiger partial charge in [0.1, 0.15) is 6.54 Å². The molecule has 1 saturated heterocycles. The first-order valence-corrected chi connectivity index (χ1v) is 10.5. The molecular formula is C23H29FN6O. The number of halogens is 1. The van der Waals surface area contributed by atoms with Crippen molar-refractivity contribution >= 4 is 11.9 Å². The Hall–Kier alpha value is -3.29. The Kier molecular flexibility index (Phi) is 6.99. The molecule has 3 heterocycles. The van der Waals surface area contributed by atoms with Crippen molar-refractivity contribution in [3.05, 3.63) is 59.5 Å². The summed E-state index contributed by atoms with van der Waals surface area (Å²) in [6.07, 6.45) is 4.50. The first-order valence-electron chi connectivity index (χ1n) is 10.5. The molecule has 31 heavy (non-hydrogen) atoms. The molecule has 0 N–H and O–H groups in total. The molecule has 1 fully saturated rings. The zero-order valence-electron chi connectivity index (χ0n) is 18.3. The van der Waals surface area contributed by atoms with Gasteiger partial charge in [-0.05, 0) is 31.9 Å². The number of aryl methyl sites for hydroxylation is 3. The van der Waals surface area contributed by atoms with E-state index in [1.165, 1.54) is 5.56 Å². The van der Waals surface area contributed by atoms with Crippen LogP contribution in [-0.2, 0) is 17.8 Å². The first kappa shape index (κ1) is 22.4. The molecule has 0 radical (unpaired) electrons. The Labute approximate surface area is 182 Å². The second-order valence-electron chi connectivity index (χ2n) is 7.83. The second-order valence-corrected chi connectivity index (χ2v) is 7.83. The van der Waals surface area contributed by atoms with Crippen LogP contribution in [0.4, 0.5) is 10.7 Å². The van der Waals surface area contributed by atoms with E-state index in [2.05, 4.69) is 59.0 Å². The molecule has 0 bridgehead atoms. The zero-order valence-corrected chi connectivity index (χ0v) is 18.3. The van der Waals surface area contributed by atoms with Gasteiger partial charge in [0, 0.05) is 49.8 Å². The van der Waals surface area contributed by atoms with Gasteiger partial charge in [0.2, 0.25) is 11.9 Å². The predicted octanol–water partition coefficient (Wildman–Crippen LogP) is 3.02. The molecule has 0 unspecified atom stereocenters. The van der Waals surface area contributed by atoms with Crippen molar-refractivity contribution in [2.45, 2.75) is 33.7 Å². The number of hydrogen-bond donors (Lipinski definition) is 0. The number of carbonyl (C=O) groups excluding carboxylic acids is 1. The van der Waals surface area contributed by atoms with E-state index in [0.29, 0.717) is 13.1 Å². The monoisotopic (exact) mass is 424 g/mol. The Bertz CT molecular complexity index is 1010.